The van der Waals surface area contributed by atoms with Gasteiger partial charge in [0.15, 0.2) is 0 Å². The van der Waals surface area contributed by atoms with Gasteiger partial charge in [0, 0.05) is 18.2 Å². The van der Waals surface area contributed by atoms with Gasteiger partial charge in [-0.15, -0.1) is 0 Å². The molecule has 138 valence electrons. The average Bonchev–Trinajstić information content (AvgIpc) is 2.62. The van der Waals surface area contributed by atoms with Crippen LogP contribution in [-0.2, 0) is 11.3 Å². The minimum absolute atomic E-state index is 0.0260. The van der Waals surface area contributed by atoms with Crippen LogP contribution in [0.4, 0.5) is 4.79 Å². The molecule has 7 nitrogen and oxygen atoms in total. The molecule has 0 atom stereocenters. The van der Waals surface area contributed by atoms with Crippen molar-refractivity contribution in [2.75, 3.05) is 20.3 Å². The summed E-state index contributed by atoms with van der Waals surface area (Å²) < 4.78 is 5.31. The summed E-state index contributed by atoms with van der Waals surface area (Å²) in [4.78, 5) is 25.1. The molecular weight excluding hydrogens is 324 g/mol. The second-order valence-corrected chi connectivity index (χ2v) is 6.29. The number of rotatable bonds is 7. The first-order chi connectivity index (χ1) is 12.0. The van der Waals surface area contributed by atoms with Crippen LogP contribution < -0.4 is 10.1 Å². The molecule has 0 bridgehead atoms. The van der Waals surface area contributed by atoms with Gasteiger partial charge in [-0.25, -0.2) is 4.79 Å². The quantitative estimate of drug-likeness (QED) is 0.697. The highest BCUT2D eigenvalue weighted by Gasteiger charge is 2.27. The fraction of sp³-hybridized carbons (Fsp3) is 0.556. The van der Waals surface area contributed by atoms with Crippen LogP contribution in [-0.4, -0.2) is 53.4 Å². The minimum atomic E-state index is -0.761. The van der Waals surface area contributed by atoms with Gasteiger partial charge in [0.1, 0.15) is 5.75 Å². The first kappa shape index (κ1) is 19.1. The predicted octanol–water partition coefficient (Wildman–Crippen LogP) is 1.84. The molecule has 0 spiro atoms. The lowest BCUT2D eigenvalue weighted by atomic mass is 9.86. The van der Waals surface area contributed by atoms with Crippen molar-refractivity contribution in [3.8, 4) is 5.75 Å². The maximum atomic E-state index is 12.6. The second kappa shape index (κ2) is 9.27. The van der Waals surface area contributed by atoms with Crippen LogP contribution in [0.3, 0.4) is 0 Å². The zero-order valence-corrected chi connectivity index (χ0v) is 14.5. The number of amides is 2. The van der Waals surface area contributed by atoms with E-state index in [2.05, 4.69) is 5.32 Å². The number of hydrogen-bond donors (Lipinski definition) is 3. The molecule has 0 aromatic heterocycles. The number of carboxylic acids is 1. The Morgan fingerprint density at radius 2 is 1.92 bits per heavy atom. The molecule has 1 aromatic carbocycles. The van der Waals surface area contributed by atoms with E-state index >= 15 is 0 Å². The van der Waals surface area contributed by atoms with Gasteiger partial charge in [-0.3, -0.25) is 4.79 Å². The predicted molar refractivity (Wildman–Crippen MR) is 92.4 cm³/mol. The van der Waals surface area contributed by atoms with E-state index < -0.39 is 5.97 Å². The monoisotopic (exact) mass is 350 g/mol. The topological polar surface area (TPSA) is 99.1 Å². The number of methoxy groups -OCH3 is 1. The third-order valence-electron chi connectivity index (χ3n) is 4.61. The standard InChI is InChI=1S/C18H26N2O5/c1-25-16-5-3-2-4-14(16)12-20(10-11-21)18(24)19-15-8-6-13(7-9-15)17(22)23/h2-5,13,15,21H,6-12H2,1H3,(H,19,24)(H,22,23). The van der Waals surface area contributed by atoms with Gasteiger partial charge in [0.05, 0.1) is 26.2 Å². The van der Waals surface area contributed by atoms with E-state index in [1.54, 1.807) is 12.0 Å². The van der Waals surface area contributed by atoms with Crippen molar-refractivity contribution in [2.24, 2.45) is 5.92 Å². The van der Waals surface area contributed by atoms with E-state index in [9.17, 15) is 14.7 Å². The van der Waals surface area contributed by atoms with Crippen LogP contribution in [0.5, 0.6) is 5.75 Å². The summed E-state index contributed by atoms with van der Waals surface area (Å²) in [6.07, 6.45) is 2.47. The average molecular weight is 350 g/mol. The maximum Gasteiger partial charge on any atom is 0.317 e. The summed E-state index contributed by atoms with van der Waals surface area (Å²) >= 11 is 0. The summed E-state index contributed by atoms with van der Waals surface area (Å²) in [5.41, 5.74) is 0.864. The molecule has 1 aromatic rings. The lowest BCUT2D eigenvalue weighted by Crippen LogP contribution is -2.47. The third kappa shape index (κ3) is 5.35. The largest absolute Gasteiger partial charge is 0.496 e. The Labute approximate surface area is 147 Å². The molecule has 0 aliphatic heterocycles. The van der Waals surface area contributed by atoms with E-state index in [1.807, 2.05) is 24.3 Å². The number of ether oxygens (including phenoxy) is 1. The number of carboxylic acid groups (broad SMARTS) is 1. The first-order valence-corrected chi connectivity index (χ1v) is 8.56. The zero-order chi connectivity index (χ0) is 18.2. The van der Waals surface area contributed by atoms with Crippen molar-refractivity contribution in [3.63, 3.8) is 0 Å². The van der Waals surface area contributed by atoms with Gasteiger partial charge in [-0.05, 0) is 31.7 Å². The summed E-state index contributed by atoms with van der Waals surface area (Å²) in [6.45, 7) is 0.420. The van der Waals surface area contributed by atoms with E-state index in [1.165, 1.54) is 0 Å². The molecule has 2 rings (SSSR count). The molecule has 1 aliphatic carbocycles. The number of nitrogens with one attached hydrogen (secondary N) is 1. The molecule has 25 heavy (non-hydrogen) atoms. The Morgan fingerprint density at radius 3 is 2.52 bits per heavy atom. The molecule has 1 saturated carbocycles. The molecular formula is C18H26N2O5. The summed E-state index contributed by atoms with van der Waals surface area (Å²) in [5.74, 6) is -0.377. The molecule has 0 saturated heterocycles. The van der Waals surface area contributed by atoms with Crippen molar-refractivity contribution in [1.29, 1.82) is 0 Å². The highest BCUT2D eigenvalue weighted by molar-refractivity contribution is 5.75. The molecule has 2 amide bonds. The van der Waals surface area contributed by atoms with Gasteiger partial charge >= 0.3 is 12.0 Å². The van der Waals surface area contributed by atoms with E-state index in [0.29, 0.717) is 38.0 Å². The van der Waals surface area contributed by atoms with Crippen molar-refractivity contribution in [2.45, 2.75) is 38.3 Å². The van der Waals surface area contributed by atoms with Crippen molar-refractivity contribution in [3.05, 3.63) is 29.8 Å². The molecule has 1 aliphatic rings. The van der Waals surface area contributed by atoms with Crippen LogP contribution in [0.15, 0.2) is 24.3 Å². The number of benzene rings is 1. The normalized spacial score (nSPS) is 19.9. The number of carbonyl (C=O) groups is 2. The number of hydrogen-bond acceptors (Lipinski definition) is 4. The van der Waals surface area contributed by atoms with E-state index in [0.717, 1.165) is 5.56 Å². The number of nitrogens with zero attached hydrogens (tertiary/aromatic N) is 1. The Hall–Kier alpha value is -2.28. The van der Waals surface area contributed by atoms with Crippen LogP contribution in [0, 0.1) is 5.92 Å². The zero-order valence-electron chi connectivity index (χ0n) is 14.5. The Balaban J connectivity index is 1.95. The van der Waals surface area contributed by atoms with Crippen LogP contribution in [0.25, 0.3) is 0 Å². The van der Waals surface area contributed by atoms with Gasteiger partial charge < -0.3 is 25.2 Å². The summed E-state index contributed by atoms with van der Waals surface area (Å²) in [7, 11) is 1.58. The highest BCUT2D eigenvalue weighted by Crippen LogP contribution is 2.25. The Kier molecular flexibility index (Phi) is 7.06. The molecule has 3 N–H and O–H groups in total. The molecule has 0 unspecified atom stereocenters. The first-order valence-electron chi connectivity index (χ1n) is 8.56. The third-order valence-corrected chi connectivity index (χ3v) is 4.61. The molecule has 1 fully saturated rings. The van der Waals surface area contributed by atoms with Crippen LogP contribution >= 0.6 is 0 Å². The van der Waals surface area contributed by atoms with Crippen LogP contribution in [0.2, 0.25) is 0 Å². The Bertz CT molecular complexity index is 585. The lowest BCUT2D eigenvalue weighted by Gasteiger charge is -2.30. The maximum absolute atomic E-state index is 12.6. The van der Waals surface area contributed by atoms with Crippen molar-refractivity contribution >= 4 is 12.0 Å². The second-order valence-electron chi connectivity index (χ2n) is 6.29. The number of aliphatic carboxylic acids is 1. The van der Waals surface area contributed by atoms with Gasteiger partial charge in [0.25, 0.3) is 0 Å². The van der Waals surface area contributed by atoms with Crippen LogP contribution in [0.1, 0.15) is 31.2 Å². The SMILES string of the molecule is COc1ccccc1CN(CCO)C(=O)NC1CCC(C(=O)O)CC1. The number of aliphatic hydroxyl groups is 1. The molecule has 7 heteroatoms. The smallest absolute Gasteiger partial charge is 0.317 e. The van der Waals surface area contributed by atoms with Gasteiger partial charge in [-0.1, -0.05) is 18.2 Å². The summed E-state index contributed by atoms with van der Waals surface area (Å²) in [5, 5.41) is 21.3. The number of carbonyl (C=O) groups excluding carboxylic acids is 1. The Morgan fingerprint density at radius 1 is 1.24 bits per heavy atom. The molecule has 0 heterocycles. The number of aliphatic hydroxyl groups excluding tert-OH is 1. The van der Waals surface area contributed by atoms with Gasteiger partial charge in [-0.2, -0.15) is 0 Å². The van der Waals surface area contributed by atoms with Crippen molar-refractivity contribution < 1.29 is 24.5 Å². The fourth-order valence-corrected chi connectivity index (χ4v) is 3.16. The molecule has 0 radical (unpaired) electrons. The lowest BCUT2D eigenvalue weighted by molar-refractivity contribution is -0.142. The summed E-state index contributed by atoms with van der Waals surface area (Å²) in [6, 6.07) is 7.17. The van der Waals surface area contributed by atoms with Crippen molar-refractivity contribution in [1.82, 2.24) is 10.2 Å². The van der Waals surface area contributed by atoms with E-state index in [-0.39, 0.29) is 31.1 Å². The van der Waals surface area contributed by atoms with E-state index in [4.69, 9.17) is 9.84 Å². The number of urea groups is 1. The fourth-order valence-electron chi connectivity index (χ4n) is 3.16. The minimum Gasteiger partial charge on any atom is -0.496 e. The number of para-hydroxylation sites is 1. The highest BCUT2D eigenvalue weighted by atomic mass is 16.5. The van der Waals surface area contributed by atoms with Gasteiger partial charge in [0.2, 0.25) is 0 Å².